The molecule has 1 aliphatic rings. The van der Waals surface area contributed by atoms with Gasteiger partial charge in [0.2, 0.25) is 5.91 Å². The lowest BCUT2D eigenvalue weighted by atomic mass is 9.89. The van der Waals surface area contributed by atoms with Crippen LogP contribution in [-0.2, 0) is 28.8 Å². The van der Waals surface area contributed by atoms with E-state index in [9.17, 15) is 14.0 Å². The number of halogens is 1. The van der Waals surface area contributed by atoms with E-state index in [1.165, 1.54) is 54.5 Å². The van der Waals surface area contributed by atoms with Gasteiger partial charge in [-0.2, -0.15) is 0 Å². The normalized spacial score (nSPS) is 12.9. The van der Waals surface area contributed by atoms with E-state index in [2.05, 4.69) is 17.4 Å². The van der Waals surface area contributed by atoms with Gasteiger partial charge in [0.25, 0.3) is 0 Å². The average Bonchev–Trinajstić information content (AvgIpc) is 3.17. The summed E-state index contributed by atoms with van der Waals surface area (Å²) in [5.41, 5.74) is 5.46. The van der Waals surface area contributed by atoms with Crippen LogP contribution in [0.3, 0.4) is 0 Å². The summed E-state index contributed by atoms with van der Waals surface area (Å²) in [6.45, 7) is 0. The molecule has 1 heterocycles. The van der Waals surface area contributed by atoms with Crippen molar-refractivity contribution in [2.75, 3.05) is 12.4 Å². The largest absolute Gasteiger partial charge is 0.465 e. The maximum absolute atomic E-state index is 13.1. The quantitative estimate of drug-likeness (QED) is 0.559. The summed E-state index contributed by atoms with van der Waals surface area (Å²) >= 11 is 1.30. The standard InChI is InChI=1S/C24H22FNO3S/c1-29-24(28)22-20(18-9-8-16-4-2-3-5-17(16)13-18)14-30-23(22)26-21(27)12-15-6-10-19(25)11-7-15/h6-11,13-14H,2-5,12H2,1H3,(H,26,27). The van der Waals surface area contributed by atoms with E-state index in [0.717, 1.165) is 24.0 Å². The first-order chi connectivity index (χ1) is 14.5. The Bertz CT molecular complexity index is 1090. The van der Waals surface area contributed by atoms with Crippen molar-refractivity contribution in [3.05, 3.63) is 75.9 Å². The molecule has 0 unspecified atom stereocenters. The molecular weight excluding hydrogens is 401 g/mol. The molecule has 0 radical (unpaired) electrons. The van der Waals surface area contributed by atoms with Gasteiger partial charge in [-0.25, -0.2) is 9.18 Å². The number of hydrogen-bond acceptors (Lipinski definition) is 4. The van der Waals surface area contributed by atoms with E-state index in [0.29, 0.717) is 16.1 Å². The van der Waals surface area contributed by atoms with Crippen molar-refractivity contribution in [1.82, 2.24) is 0 Å². The summed E-state index contributed by atoms with van der Waals surface area (Å²) in [5.74, 6) is -1.10. The Morgan fingerprint density at radius 1 is 1.07 bits per heavy atom. The van der Waals surface area contributed by atoms with Crippen molar-refractivity contribution in [3.63, 3.8) is 0 Å². The number of carbonyl (C=O) groups is 2. The molecule has 6 heteroatoms. The fraction of sp³-hybridized carbons (Fsp3) is 0.250. The number of aryl methyl sites for hydroxylation is 2. The van der Waals surface area contributed by atoms with Crippen LogP contribution in [0.25, 0.3) is 11.1 Å². The van der Waals surface area contributed by atoms with Crippen molar-refractivity contribution >= 4 is 28.2 Å². The number of hydrogen-bond donors (Lipinski definition) is 1. The molecule has 0 bridgehead atoms. The lowest BCUT2D eigenvalue weighted by Crippen LogP contribution is -2.16. The third kappa shape index (κ3) is 4.28. The predicted molar refractivity (Wildman–Crippen MR) is 116 cm³/mol. The number of thiophene rings is 1. The van der Waals surface area contributed by atoms with E-state index in [1.54, 1.807) is 12.1 Å². The van der Waals surface area contributed by atoms with Crippen LogP contribution in [0.5, 0.6) is 0 Å². The molecule has 1 aromatic heterocycles. The van der Waals surface area contributed by atoms with Gasteiger partial charge in [-0.3, -0.25) is 4.79 Å². The summed E-state index contributed by atoms with van der Waals surface area (Å²) in [6.07, 6.45) is 4.61. The van der Waals surface area contributed by atoms with E-state index < -0.39 is 5.97 Å². The molecule has 1 amide bonds. The minimum absolute atomic E-state index is 0.0902. The Labute approximate surface area is 178 Å². The molecule has 0 fully saturated rings. The van der Waals surface area contributed by atoms with Crippen LogP contribution < -0.4 is 5.32 Å². The summed E-state index contributed by atoms with van der Waals surface area (Å²) in [4.78, 5) is 25.1. The number of esters is 1. The number of ether oxygens (including phenoxy) is 1. The fourth-order valence-electron chi connectivity index (χ4n) is 3.83. The number of methoxy groups -OCH3 is 1. The fourth-order valence-corrected chi connectivity index (χ4v) is 4.80. The minimum atomic E-state index is -0.485. The Balaban J connectivity index is 1.61. The molecule has 3 aromatic rings. The highest BCUT2D eigenvalue weighted by Crippen LogP contribution is 2.37. The zero-order chi connectivity index (χ0) is 21.1. The molecule has 154 valence electrons. The third-order valence-electron chi connectivity index (χ3n) is 5.37. The maximum Gasteiger partial charge on any atom is 0.341 e. The highest BCUT2D eigenvalue weighted by Gasteiger charge is 2.23. The van der Waals surface area contributed by atoms with Crippen molar-refractivity contribution in [3.8, 4) is 11.1 Å². The van der Waals surface area contributed by atoms with Gasteiger partial charge in [-0.1, -0.05) is 30.3 Å². The average molecular weight is 424 g/mol. The highest BCUT2D eigenvalue weighted by molar-refractivity contribution is 7.15. The van der Waals surface area contributed by atoms with Gasteiger partial charge in [-0.05, 0) is 60.1 Å². The van der Waals surface area contributed by atoms with Gasteiger partial charge in [0.1, 0.15) is 16.4 Å². The lowest BCUT2D eigenvalue weighted by molar-refractivity contribution is -0.115. The zero-order valence-corrected chi connectivity index (χ0v) is 17.5. The smallest absolute Gasteiger partial charge is 0.341 e. The molecule has 1 N–H and O–H groups in total. The first-order valence-corrected chi connectivity index (χ1v) is 10.8. The highest BCUT2D eigenvalue weighted by atomic mass is 32.1. The molecule has 2 aromatic carbocycles. The number of anilines is 1. The van der Waals surface area contributed by atoms with Crippen LogP contribution in [0, 0.1) is 5.82 Å². The van der Waals surface area contributed by atoms with Crippen LogP contribution >= 0.6 is 11.3 Å². The molecular formula is C24H22FNO3S. The van der Waals surface area contributed by atoms with Crippen LogP contribution in [0.2, 0.25) is 0 Å². The Morgan fingerprint density at radius 2 is 1.80 bits per heavy atom. The van der Waals surface area contributed by atoms with E-state index in [1.807, 2.05) is 11.4 Å². The number of rotatable bonds is 5. The van der Waals surface area contributed by atoms with Crippen LogP contribution in [0.15, 0.2) is 47.8 Å². The van der Waals surface area contributed by atoms with Crippen molar-refractivity contribution in [2.45, 2.75) is 32.1 Å². The summed E-state index contributed by atoms with van der Waals surface area (Å²) in [6, 6.07) is 12.1. The number of fused-ring (bicyclic) bond motifs is 1. The van der Waals surface area contributed by atoms with Crippen molar-refractivity contribution < 1.29 is 18.7 Å². The van der Waals surface area contributed by atoms with E-state index in [4.69, 9.17) is 4.74 Å². The molecule has 0 spiro atoms. The van der Waals surface area contributed by atoms with Gasteiger partial charge >= 0.3 is 5.97 Å². The predicted octanol–water partition coefficient (Wildman–Crippen LogP) is 5.40. The summed E-state index contributed by atoms with van der Waals surface area (Å²) < 4.78 is 18.1. The molecule has 30 heavy (non-hydrogen) atoms. The van der Waals surface area contributed by atoms with Gasteiger partial charge in [0.05, 0.1) is 13.5 Å². The van der Waals surface area contributed by atoms with Gasteiger partial charge < -0.3 is 10.1 Å². The Kier molecular flexibility index (Phi) is 5.95. The van der Waals surface area contributed by atoms with Crippen LogP contribution in [-0.4, -0.2) is 19.0 Å². The monoisotopic (exact) mass is 423 g/mol. The molecule has 1 aliphatic carbocycles. The zero-order valence-electron chi connectivity index (χ0n) is 16.7. The number of benzene rings is 2. The second-order valence-electron chi connectivity index (χ2n) is 7.39. The van der Waals surface area contributed by atoms with Gasteiger partial charge in [0.15, 0.2) is 0 Å². The Hall–Kier alpha value is -2.99. The van der Waals surface area contributed by atoms with Crippen LogP contribution in [0.4, 0.5) is 9.39 Å². The third-order valence-corrected chi connectivity index (χ3v) is 6.27. The molecule has 0 atom stereocenters. The van der Waals surface area contributed by atoms with E-state index in [-0.39, 0.29) is 18.1 Å². The van der Waals surface area contributed by atoms with E-state index >= 15 is 0 Å². The Morgan fingerprint density at radius 3 is 2.53 bits per heavy atom. The molecule has 0 saturated heterocycles. The minimum Gasteiger partial charge on any atom is -0.465 e. The van der Waals surface area contributed by atoms with Crippen molar-refractivity contribution in [1.29, 1.82) is 0 Å². The maximum atomic E-state index is 13.1. The topological polar surface area (TPSA) is 55.4 Å². The SMILES string of the molecule is COC(=O)c1c(-c2ccc3c(c2)CCCC3)csc1NC(=O)Cc1ccc(F)cc1. The van der Waals surface area contributed by atoms with Gasteiger partial charge in [0, 0.05) is 10.9 Å². The second kappa shape index (κ2) is 8.79. The lowest BCUT2D eigenvalue weighted by Gasteiger charge is -2.16. The first-order valence-electron chi connectivity index (χ1n) is 9.91. The number of amides is 1. The van der Waals surface area contributed by atoms with Gasteiger partial charge in [-0.15, -0.1) is 11.3 Å². The van der Waals surface area contributed by atoms with Crippen molar-refractivity contribution in [2.24, 2.45) is 0 Å². The van der Waals surface area contributed by atoms with Crippen LogP contribution in [0.1, 0.15) is 39.9 Å². The molecule has 4 nitrogen and oxygen atoms in total. The molecule has 0 saturated carbocycles. The molecule has 4 rings (SSSR count). The second-order valence-corrected chi connectivity index (χ2v) is 8.27. The summed E-state index contributed by atoms with van der Waals surface area (Å²) in [7, 11) is 1.33. The first kappa shape index (κ1) is 20.3. The summed E-state index contributed by atoms with van der Waals surface area (Å²) in [5, 5.41) is 5.17. The molecule has 0 aliphatic heterocycles. The number of carbonyl (C=O) groups excluding carboxylic acids is 2. The number of nitrogens with one attached hydrogen (secondary N) is 1.